The number of aromatic amines is 1. The smallest absolute Gasteiger partial charge is 0.322 e. The number of benzene rings is 2. The summed E-state index contributed by atoms with van der Waals surface area (Å²) >= 11 is 5.81. The third-order valence-electron chi connectivity index (χ3n) is 5.28. The molecule has 2 aromatic carbocycles. The number of hydrogen-bond donors (Lipinski definition) is 2. The van der Waals surface area contributed by atoms with Crippen molar-refractivity contribution in [1.29, 1.82) is 5.26 Å². The van der Waals surface area contributed by atoms with E-state index in [1.807, 2.05) is 13.0 Å². The molecular weight excluding hydrogens is 423 g/mol. The van der Waals surface area contributed by atoms with Gasteiger partial charge in [0.25, 0.3) is 5.56 Å². The molecule has 2 amide bonds. The van der Waals surface area contributed by atoms with E-state index in [-0.39, 0.29) is 23.8 Å². The molecule has 0 bridgehead atoms. The first-order chi connectivity index (χ1) is 14.9. The minimum Gasteiger partial charge on any atom is -0.373 e. The van der Waals surface area contributed by atoms with E-state index in [0.29, 0.717) is 34.3 Å². The molecule has 1 aliphatic heterocycles. The number of rotatable bonds is 3. The van der Waals surface area contributed by atoms with Gasteiger partial charge in [0.1, 0.15) is 5.82 Å². The summed E-state index contributed by atoms with van der Waals surface area (Å²) in [5.41, 5.74) is 1.79. The van der Waals surface area contributed by atoms with Crippen molar-refractivity contribution < 1.29 is 13.9 Å². The average molecular weight is 441 g/mol. The highest BCUT2D eigenvalue weighted by Gasteiger charge is 2.32. The van der Waals surface area contributed by atoms with Crippen molar-refractivity contribution in [2.75, 3.05) is 18.5 Å². The Balaban J connectivity index is 1.75. The fourth-order valence-corrected chi connectivity index (χ4v) is 4.02. The molecule has 9 heteroatoms. The van der Waals surface area contributed by atoms with Crippen LogP contribution in [0.2, 0.25) is 5.02 Å². The molecule has 0 radical (unpaired) electrons. The lowest BCUT2D eigenvalue weighted by molar-refractivity contribution is 0.0471. The molecule has 4 rings (SSSR count). The van der Waals surface area contributed by atoms with Gasteiger partial charge in [-0.2, -0.15) is 5.26 Å². The van der Waals surface area contributed by atoms with Gasteiger partial charge in [0.2, 0.25) is 0 Å². The molecule has 0 aliphatic carbocycles. The molecule has 31 heavy (non-hydrogen) atoms. The molecule has 1 aromatic heterocycles. The number of pyridine rings is 1. The summed E-state index contributed by atoms with van der Waals surface area (Å²) in [6.07, 6.45) is 0. The molecule has 0 fully saturated rings. The number of nitrogens with one attached hydrogen (secondary N) is 2. The number of hydrogen-bond acceptors (Lipinski definition) is 4. The maximum absolute atomic E-state index is 13.4. The predicted molar refractivity (Wildman–Crippen MR) is 114 cm³/mol. The van der Waals surface area contributed by atoms with E-state index in [1.165, 1.54) is 24.3 Å². The lowest BCUT2D eigenvalue weighted by Gasteiger charge is -2.35. The van der Waals surface area contributed by atoms with Crippen LogP contribution in [-0.2, 0) is 11.3 Å². The number of halogens is 2. The predicted octanol–water partition coefficient (Wildman–Crippen LogP) is 4.32. The maximum atomic E-state index is 13.4. The van der Waals surface area contributed by atoms with Gasteiger partial charge in [-0.15, -0.1) is 0 Å². The molecule has 0 saturated carbocycles. The Labute approximate surface area is 182 Å². The third kappa shape index (κ3) is 3.85. The summed E-state index contributed by atoms with van der Waals surface area (Å²) in [5.74, 6) is -0.575. The zero-order valence-corrected chi connectivity index (χ0v) is 17.3. The van der Waals surface area contributed by atoms with Crippen LogP contribution in [-0.4, -0.2) is 29.1 Å². The number of nitrogens with zero attached hydrogens (tertiary/aromatic N) is 2. The largest absolute Gasteiger partial charge is 0.373 e. The Hall–Kier alpha value is -3.41. The highest BCUT2D eigenvalue weighted by Crippen LogP contribution is 2.34. The zero-order chi connectivity index (χ0) is 22.1. The highest BCUT2D eigenvalue weighted by atomic mass is 35.5. The number of amides is 2. The van der Waals surface area contributed by atoms with Crippen molar-refractivity contribution >= 4 is 34.1 Å². The minimum absolute atomic E-state index is 0.0935. The second-order valence-electron chi connectivity index (χ2n) is 7.09. The first-order valence-electron chi connectivity index (χ1n) is 9.62. The van der Waals surface area contributed by atoms with E-state index in [1.54, 1.807) is 17.0 Å². The Kier molecular flexibility index (Phi) is 5.63. The highest BCUT2D eigenvalue weighted by molar-refractivity contribution is 6.31. The number of fused-ring (bicyclic) bond motifs is 3. The Bertz CT molecular complexity index is 1280. The first kappa shape index (κ1) is 20.8. The number of anilines is 1. The number of H-pyrrole nitrogens is 1. The monoisotopic (exact) mass is 440 g/mol. The number of carbonyl (C=O) groups excluding carboxylic acids is 1. The molecule has 7 nitrogen and oxygen atoms in total. The van der Waals surface area contributed by atoms with E-state index < -0.39 is 17.9 Å². The van der Waals surface area contributed by atoms with Crippen molar-refractivity contribution in [2.45, 2.75) is 19.6 Å². The van der Waals surface area contributed by atoms with Crippen LogP contribution < -0.4 is 10.9 Å². The number of nitriles is 1. The van der Waals surface area contributed by atoms with Crippen LogP contribution in [0, 0.1) is 17.1 Å². The number of aromatic nitrogens is 1. The van der Waals surface area contributed by atoms with Gasteiger partial charge in [0.15, 0.2) is 0 Å². The van der Waals surface area contributed by atoms with Gasteiger partial charge in [-0.3, -0.25) is 4.79 Å². The number of ether oxygens (including phenoxy) is 1. The second kappa shape index (κ2) is 8.38. The minimum atomic E-state index is -0.575. The van der Waals surface area contributed by atoms with Crippen molar-refractivity contribution in [2.24, 2.45) is 0 Å². The van der Waals surface area contributed by atoms with Gasteiger partial charge in [0.05, 0.1) is 35.9 Å². The molecule has 1 atom stereocenters. The Morgan fingerprint density at radius 1 is 1.35 bits per heavy atom. The molecule has 2 heterocycles. The van der Waals surface area contributed by atoms with Gasteiger partial charge in [-0.1, -0.05) is 17.7 Å². The normalized spacial score (nSPS) is 15.2. The SMILES string of the molecule is CCN(C(=O)Nc1ccc(F)c(Cl)c1)C1COCc2[nH]c(=O)c3cc(C#N)ccc3c21. The summed E-state index contributed by atoms with van der Waals surface area (Å²) in [5, 5.41) is 12.9. The van der Waals surface area contributed by atoms with Gasteiger partial charge in [-0.25, -0.2) is 9.18 Å². The molecule has 3 aromatic rings. The lowest BCUT2D eigenvalue weighted by atomic mass is 9.94. The van der Waals surface area contributed by atoms with Crippen LogP contribution >= 0.6 is 11.6 Å². The number of urea groups is 1. The lowest BCUT2D eigenvalue weighted by Crippen LogP contribution is -2.42. The zero-order valence-electron chi connectivity index (χ0n) is 16.5. The summed E-state index contributed by atoms with van der Waals surface area (Å²) in [6.45, 7) is 2.63. The molecule has 158 valence electrons. The van der Waals surface area contributed by atoms with E-state index in [0.717, 1.165) is 5.56 Å². The van der Waals surface area contributed by atoms with Crippen LogP contribution in [0.1, 0.15) is 29.8 Å². The van der Waals surface area contributed by atoms with E-state index in [2.05, 4.69) is 10.3 Å². The standard InChI is InChI=1S/C22H18ClFN4O3/c1-2-28(22(30)26-13-4-6-17(24)16(23)8-13)19-11-31-10-18-20(19)14-5-3-12(9-25)7-15(14)21(29)27-18/h3-8,19H,2,10-11H2,1H3,(H,26,30)(H,27,29). The molecule has 1 unspecified atom stereocenters. The topological polar surface area (TPSA) is 98.2 Å². The van der Waals surface area contributed by atoms with Crippen LogP contribution in [0.15, 0.2) is 41.2 Å². The maximum Gasteiger partial charge on any atom is 0.322 e. The van der Waals surface area contributed by atoms with Crippen LogP contribution in [0.25, 0.3) is 10.8 Å². The first-order valence-corrected chi connectivity index (χ1v) is 10.00. The molecular formula is C22H18ClFN4O3. The van der Waals surface area contributed by atoms with Gasteiger partial charge in [-0.05, 0) is 42.6 Å². The van der Waals surface area contributed by atoms with Gasteiger partial charge in [0, 0.05) is 28.9 Å². The quantitative estimate of drug-likeness (QED) is 0.633. The molecule has 2 N–H and O–H groups in total. The number of likely N-dealkylation sites (N-methyl/N-ethyl adjacent to an activating group) is 1. The van der Waals surface area contributed by atoms with Crippen molar-refractivity contribution in [3.05, 3.63) is 74.4 Å². The Morgan fingerprint density at radius 2 is 2.16 bits per heavy atom. The summed E-state index contributed by atoms with van der Waals surface area (Å²) in [4.78, 5) is 30.0. The van der Waals surface area contributed by atoms with Crippen LogP contribution in [0.4, 0.5) is 14.9 Å². The van der Waals surface area contributed by atoms with Crippen molar-refractivity contribution in [3.8, 4) is 6.07 Å². The molecule has 1 aliphatic rings. The average Bonchev–Trinajstić information content (AvgIpc) is 2.76. The summed E-state index contributed by atoms with van der Waals surface area (Å²) in [7, 11) is 0. The van der Waals surface area contributed by atoms with E-state index >= 15 is 0 Å². The summed E-state index contributed by atoms with van der Waals surface area (Å²) < 4.78 is 19.1. The van der Waals surface area contributed by atoms with Crippen LogP contribution in [0.3, 0.4) is 0 Å². The fraction of sp³-hybridized carbons (Fsp3) is 0.227. The third-order valence-corrected chi connectivity index (χ3v) is 5.57. The fourth-order valence-electron chi connectivity index (χ4n) is 3.84. The van der Waals surface area contributed by atoms with Gasteiger partial charge >= 0.3 is 6.03 Å². The Morgan fingerprint density at radius 3 is 2.87 bits per heavy atom. The van der Waals surface area contributed by atoms with Crippen molar-refractivity contribution in [1.82, 2.24) is 9.88 Å². The summed E-state index contributed by atoms with van der Waals surface area (Å²) in [6, 6.07) is 10.00. The van der Waals surface area contributed by atoms with Crippen LogP contribution in [0.5, 0.6) is 0 Å². The number of carbonyl (C=O) groups is 1. The molecule has 0 saturated heterocycles. The van der Waals surface area contributed by atoms with Gasteiger partial charge < -0.3 is 19.9 Å². The second-order valence-corrected chi connectivity index (χ2v) is 7.50. The van der Waals surface area contributed by atoms with E-state index in [9.17, 15) is 19.2 Å². The molecule has 0 spiro atoms. The van der Waals surface area contributed by atoms with E-state index in [4.69, 9.17) is 16.3 Å². The van der Waals surface area contributed by atoms with Crippen molar-refractivity contribution in [3.63, 3.8) is 0 Å².